The van der Waals surface area contributed by atoms with Crippen LogP contribution < -0.4 is 10.9 Å². The zero-order valence-corrected chi connectivity index (χ0v) is 40.9. The number of rotatable bonds is 2. The Labute approximate surface area is 422 Å². The van der Waals surface area contributed by atoms with E-state index in [2.05, 4.69) is 187 Å². The lowest BCUT2D eigenvalue weighted by Crippen LogP contribution is -2.04. The fraction of sp³-hybridized carbons (Fsp3) is 0.0159. The molecule has 15 rings (SSSR count). The van der Waals surface area contributed by atoms with Crippen LogP contribution in [0, 0.1) is 0 Å². The van der Waals surface area contributed by atoms with Crippen molar-refractivity contribution in [1.29, 1.82) is 0 Å². The van der Waals surface area contributed by atoms with Gasteiger partial charge in [0, 0.05) is 54.0 Å². The minimum absolute atomic E-state index is 0.00116. The Morgan fingerprint density at radius 1 is 0.324 bits per heavy atom. The number of nitrogens with zero attached hydrogens (tertiary/aromatic N) is 2. The number of halogens is 2. The lowest BCUT2D eigenvalue weighted by atomic mass is 10.1. The van der Waals surface area contributed by atoms with Gasteiger partial charge in [-0.05, 0) is 114 Å². The number of hydrogen-bond donors (Lipinski definition) is 0. The molecule has 14 aromatic rings. The van der Waals surface area contributed by atoms with Gasteiger partial charge < -0.3 is 18.0 Å². The van der Waals surface area contributed by atoms with Crippen molar-refractivity contribution in [2.75, 3.05) is 0 Å². The van der Waals surface area contributed by atoms with Crippen molar-refractivity contribution in [3.8, 4) is 22.5 Å². The van der Waals surface area contributed by atoms with Crippen molar-refractivity contribution in [2.24, 2.45) is 0 Å². The second kappa shape index (κ2) is 17.3. The Morgan fingerprint density at radius 3 is 1.01 bits per heavy atom. The molecule has 0 N–H and O–H groups in total. The van der Waals surface area contributed by atoms with Crippen LogP contribution in [0.15, 0.2) is 246 Å². The smallest absolute Gasteiger partial charge is 0.200 e. The highest BCUT2D eigenvalue weighted by Crippen LogP contribution is 2.37. The van der Waals surface area contributed by atoms with Gasteiger partial charge in [-0.2, -0.15) is 0 Å². The first-order chi connectivity index (χ1) is 34.9. The third-order valence-corrected chi connectivity index (χ3v) is 14.6. The minimum atomic E-state index is -0.0243. The molecule has 71 heavy (non-hydrogen) atoms. The summed E-state index contributed by atoms with van der Waals surface area (Å²) in [6.07, 6.45) is 1.10. The van der Waals surface area contributed by atoms with Crippen molar-refractivity contribution in [1.82, 2.24) is 9.13 Å². The second-order valence-corrected chi connectivity index (χ2v) is 19.6. The summed E-state index contributed by atoms with van der Waals surface area (Å²) in [5.41, 5.74) is 14.4. The Bertz CT molecular complexity index is 4210. The van der Waals surface area contributed by atoms with Crippen LogP contribution >= 0.6 is 31.9 Å². The summed E-state index contributed by atoms with van der Waals surface area (Å²) in [6.45, 7) is 0. The van der Waals surface area contributed by atoms with Crippen LogP contribution in [0.2, 0.25) is 0 Å². The van der Waals surface area contributed by atoms with Crippen molar-refractivity contribution < 1.29 is 8.83 Å². The molecule has 4 aromatic heterocycles. The van der Waals surface area contributed by atoms with Crippen LogP contribution in [0.1, 0.15) is 11.1 Å². The second-order valence-electron chi connectivity index (χ2n) is 17.7. The molecule has 1 aliphatic carbocycles. The third kappa shape index (κ3) is 7.29. The van der Waals surface area contributed by atoms with E-state index in [1.165, 1.54) is 43.8 Å². The largest absolute Gasteiger partial charge is 0.456 e. The van der Waals surface area contributed by atoms with E-state index < -0.39 is 0 Å². The maximum absolute atomic E-state index is 13.7. The Kier molecular flexibility index (Phi) is 10.4. The summed E-state index contributed by atoms with van der Waals surface area (Å²) in [6, 6.07) is 73.6. The van der Waals surface area contributed by atoms with Gasteiger partial charge in [0.2, 0.25) is 10.9 Å². The molecule has 0 bridgehead atoms. The van der Waals surface area contributed by atoms with Gasteiger partial charge >= 0.3 is 0 Å². The monoisotopic (exact) mass is 1040 g/mol. The van der Waals surface area contributed by atoms with Crippen LogP contribution in [0.4, 0.5) is 0 Å². The van der Waals surface area contributed by atoms with E-state index in [9.17, 15) is 9.59 Å². The zero-order valence-electron chi connectivity index (χ0n) is 37.8. The molecule has 0 saturated heterocycles. The molecule has 0 aliphatic heterocycles. The maximum Gasteiger partial charge on any atom is 0.200 e. The molecule has 0 amide bonds. The topological polar surface area (TPSA) is 70.3 Å². The van der Waals surface area contributed by atoms with E-state index in [0.717, 1.165) is 48.8 Å². The van der Waals surface area contributed by atoms with Crippen LogP contribution in [0.25, 0.3) is 110 Å². The van der Waals surface area contributed by atoms with E-state index in [-0.39, 0.29) is 10.9 Å². The SMILES string of the molecule is O=c1c2ccc(-n3c4ccccc4c4ccccc43)cc2oc2cc(-n3c4ccccc4c4ccccc43)ccc12.O=c1c2ccc(Br)cc2oc2cc(Br)ccc12.c1ccc2c(c1)Cc1ccccc1-2. The molecule has 6 nitrogen and oxygen atoms in total. The minimum Gasteiger partial charge on any atom is -0.456 e. The van der Waals surface area contributed by atoms with E-state index >= 15 is 0 Å². The number of fused-ring (bicyclic) bond motifs is 13. The van der Waals surface area contributed by atoms with Crippen molar-refractivity contribution in [3.05, 3.63) is 259 Å². The molecule has 0 saturated carbocycles. The fourth-order valence-electron chi connectivity index (χ4n) is 10.4. The van der Waals surface area contributed by atoms with Crippen molar-refractivity contribution >= 4 is 119 Å². The molecule has 8 heteroatoms. The zero-order chi connectivity index (χ0) is 47.7. The summed E-state index contributed by atoms with van der Waals surface area (Å²) in [4.78, 5) is 25.9. The Morgan fingerprint density at radius 2 is 0.634 bits per heavy atom. The molecule has 0 unspecified atom stereocenters. The number of para-hydroxylation sites is 4. The lowest BCUT2D eigenvalue weighted by Gasteiger charge is -2.11. The normalized spacial score (nSPS) is 11.9. The van der Waals surface area contributed by atoms with E-state index in [0.29, 0.717) is 43.9 Å². The average Bonchev–Trinajstić information content (AvgIpc) is 4.07. The molecule has 338 valence electrons. The summed E-state index contributed by atoms with van der Waals surface area (Å²) >= 11 is 6.73. The van der Waals surface area contributed by atoms with Gasteiger partial charge in [0.15, 0.2) is 0 Å². The van der Waals surface area contributed by atoms with Crippen LogP contribution in [0.5, 0.6) is 0 Å². The molecule has 0 atom stereocenters. The summed E-state index contributed by atoms with van der Waals surface area (Å²) in [5, 5.41) is 7.13. The van der Waals surface area contributed by atoms with Gasteiger partial charge in [0.05, 0.1) is 43.6 Å². The third-order valence-electron chi connectivity index (χ3n) is 13.6. The molecule has 10 aromatic carbocycles. The Balaban J connectivity index is 0.000000133. The van der Waals surface area contributed by atoms with Crippen LogP contribution in [-0.2, 0) is 6.42 Å². The molecule has 1 aliphatic rings. The van der Waals surface area contributed by atoms with E-state index in [4.69, 9.17) is 8.83 Å². The van der Waals surface area contributed by atoms with E-state index in [1.807, 2.05) is 48.5 Å². The predicted octanol–water partition coefficient (Wildman–Crippen LogP) is 16.9. The average molecular weight is 1050 g/mol. The number of benzene rings is 10. The highest BCUT2D eigenvalue weighted by molar-refractivity contribution is 9.10. The van der Waals surface area contributed by atoms with Crippen LogP contribution in [-0.4, -0.2) is 9.13 Å². The predicted molar refractivity (Wildman–Crippen MR) is 299 cm³/mol. The van der Waals surface area contributed by atoms with Gasteiger partial charge in [-0.15, -0.1) is 0 Å². The van der Waals surface area contributed by atoms with Gasteiger partial charge in [-0.25, -0.2) is 0 Å². The quantitative estimate of drug-likeness (QED) is 0.162. The maximum atomic E-state index is 13.7. The first-order valence-corrected chi connectivity index (χ1v) is 24.9. The van der Waals surface area contributed by atoms with Gasteiger partial charge in [0.25, 0.3) is 0 Å². The molecule has 0 fully saturated rings. The first-order valence-electron chi connectivity index (χ1n) is 23.3. The van der Waals surface area contributed by atoms with Crippen molar-refractivity contribution in [2.45, 2.75) is 6.42 Å². The highest BCUT2D eigenvalue weighted by atomic mass is 79.9. The Hall–Kier alpha value is -8.30. The van der Waals surface area contributed by atoms with Gasteiger partial charge in [0.1, 0.15) is 22.3 Å². The summed E-state index contributed by atoms with van der Waals surface area (Å²) in [5.74, 6) is 0. The molecular formula is C63H38Br2N2O4. The van der Waals surface area contributed by atoms with E-state index in [1.54, 1.807) is 24.3 Å². The summed E-state index contributed by atoms with van der Waals surface area (Å²) < 4.78 is 18.5. The lowest BCUT2D eigenvalue weighted by molar-refractivity contribution is 0.659. The van der Waals surface area contributed by atoms with Crippen LogP contribution in [0.3, 0.4) is 0 Å². The fourth-order valence-corrected chi connectivity index (χ4v) is 11.1. The van der Waals surface area contributed by atoms with Crippen molar-refractivity contribution in [3.63, 3.8) is 0 Å². The van der Waals surface area contributed by atoms with Gasteiger partial charge in [-0.1, -0.05) is 153 Å². The molecule has 0 spiro atoms. The number of aromatic nitrogens is 2. The summed E-state index contributed by atoms with van der Waals surface area (Å²) in [7, 11) is 0. The number of hydrogen-bond acceptors (Lipinski definition) is 4. The first kappa shape index (κ1) is 42.8. The molecular weight excluding hydrogens is 1010 g/mol. The molecule has 0 radical (unpaired) electrons. The highest BCUT2D eigenvalue weighted by Gasteiger charge is 2.18. The standard InChI is InChI=1S/C37H22N2O2.C13H6Br2O2.C13H10/c40-37-29-19-17-23(38-31-13-5-1-9-25(31)26-10-2-6-14-32(26)38)21-35(29)41-36-22-24(18-20-30(36)37)39-33-15-7-3-11-27(33)28-12-4-8-16-34(28)39;14-7-1-3-9-11(5-7)17-12-6-8(15)2-4-10(12)13(9)16;1-3-7-12-10(5-1)9-11-6-2-4-8-13(11)12/h1-22H;1-6H;1-8H,9H2. The van der Waals surface area contributed by atoms with Gasteiger partial charge in [-0.3, -0.25) is 9.59 Å². The molecule has 4 heterocycles.